The summed E-state index contributed by atoms with van der Waals surface area (Å²) in [6.07, 6.45) is -1.04. The Morgan fingerprint density at radius 1 is 0.968 bits per heavy atom. The molecule has 0 radical (unpaired) electrons. The number of nitrogens with zero attached hydrogens (tertiary/aromatic N) is 2. The number of benzene rings is 2. The van der Waals surface area contributed by atoms with Gasteiger partial charge in [0.05, 0.1) is 35.2 Å². The van der Waals surface area contributed by atoms with E-state index >= 15 is 0 Å². The van der Waals surface area contributed by atoms with Crippen LogP contribution in [0, 0.1) is 11.8 Å². The molecule has 2 saturated heterocycles. The molecule has 0 unspecified atom stereocenters. The third-order valence-electron chi connectivity index (χ3n) is 6.31. The van der Waals surface area contributed by atoms with Gasteiger partial charge in [-0.25, -0.2) is 4.90 Å². The largest absolute Gasteiger partial charge is 0.416 e. The number of amides is 2. The van der Waals surface area contributed by atoms with Gasteiger partial charge in [-0.1, -0.05) is 30.3 Å². The van der Waals surface area contributed by atoms with Crippen LogP contribution < -0.4 is 4.90 Å². The van der Waals surface area contributed by atoms with Crippen molar-refractivity contribution < 1.29 is 27.6 Å². The van der Waals surface area contributed by atoms with E-state index in [0.717, 1.165) is 28.2 Å². The molecular formula is C23H17F3N2O3. The number of hydrogen-bond donors (Lipinski definition) is 0. The Labute approximate surface area is 175 Å². The van der Waals surface area contributed by atoms with Gasteiger partial charge in [0.15, 0.2) is 5.78 Å². The highest BCUT2D eigenvalue weighted by molar-refractivity contribution is 6.24. The number of rotatable bonds is 2. The molecule has 3 aliphatic rings. The van der Waals surface area contributed by atoms with Crippen molar-refractivity contribution in [2.24, 2.45) is 11.8 Å². The lowest BCUT2D eigenvalue weighted by Gasteiger charge is -2.35. The zero-order valence-electron chi connectivity index (χ0n) is 16.3. The van der Waals surface area contributed by atoms with E-state index in [1.54, 1.807) is 11.1 Å². The van der Waals surface area contributed by atoms with Crippen LogP contribution in [0.5, 0.6) is 0 Å². The van der Waals surface area contributed by atoms with E-state index in [1.807, 2.05) is 30.3 Å². The van der Waals surface area contributed by atoms with Crippen LogP contribution in [0.15, 0.2) is 54.7 Å². The highest BCUT2D eigenvalue weighted by Crippen LogP contribution is 2.53. The first kappa shape index (κ1) is 19.5. The third-order valence-corrected chi connectivity index (χ3v) is 6.31. The number of halogens is 3. The van der Waals surface area contributed by atoms with Crippen molar-refractivity contribution in [1.29, 1.82) is 0 Å². The van der Waals surface area contributed by atoms with E-state index in [1.165, 1.54) is 19.1 Å². The van der Waals surface area contributed by atoms with E-state index in [2.05, 4.69) is 0 Å². The van der Waals surface area contributed by atoms with E-state index in [9.17, 15) is 27.6 Å². The number of Topliss-reactive ketones (excluding diaryl/α,β-unsaturated/α-hetero) is 1. The van der Waals surface area contributed by atoms with Gasteiger partial charge in [0, 0.05) is 6.20 Å². The smallest absolute Gasteiger partial charge is 0.359 e. The van der Waals surface area contributed by atoms with Crippen LogP contribution in [-0.4, -0.2) is 28.5 Å². The predicted molar refractivity (Wildman–Crippen MR) is 105 cm³/mol. The van der Waals surface area contributed by atoms with Gasteiger partial charge < -0.3 is 4.90 Å². The Bertz CT molecular complexity index is 1160. The molecule has 5 nitrogen and oxygen atoms in total. The quantitative estimate of drug-likeness (QED) is 0.686. The second kappa shape index (κ2) is 6.54. The first-order valence-electron chi connectivity index (χ1n) is 9.80. The number of hydrogen-bond acceptors (Lipinski definition) is 4. The van der Waals surface area contributed by atoms with Crippen molar-refractivity contribution in [1.82, 2.24) is 4.90 Å². The van der Waals surface area contributed by atoms with Crippen LogP contribution >= 0.6 is 0 Å². The fraction of sp³-hybridized carbons (Fsp3) is 0.261. The molecule has 31 heavy (non-hydrogen) atoms. The monoisotopic (exact) mass is 426 g/mol. The predicted octanol–water partition coefficient (Wildman–Crippen LogP) is 3.81. The molecular weight excluding hydrogens is 409 g/mol. The maximum Gasteiger partial charge on any atom is 0.416 e. The summed E-state index contributed by atoms with van der Waals surface area (Å²) in [5.74, 6) is -3.32. The molecule has 3 aliphatic heterocycles. The third kappa shape index (κ3) is 2.74. The molecule has 5 rings (SSSR count). The molecule has 2 amide bonds. The number of alkyl halides is 3. The Kier molecular flexibility index (Phi) is 4.12. The molecule has 0 aliphatic carbocycles. The summed E-state index contributed by atoms with van der Waals surface area (Å²) in [4.78, 5) is 41.9. The first-order valence-corrected chi connectivity index (χ1v) is 9.80. The fourth-order valence-electron chi connectivity index (χ4n) is 5.10. The summed E-state index contributed by atoms with van der Waals surface area (Å²) < 4.78 is 39.6. The zero-order chi connectivity index (χ0) is 22.1. The van der Waals surface area contributed by atoms with Crippen molar-refractivity contribution in [2.75, 3.05) is 4.90 Å². The van der Waals surface area contributed by atoms with Crippen molar-refractivity contribution in [3.8, 4) is 0 Å². The standard InChI is InChI=1S/C23H17F3N2O3/c1-12(29)19-17-18(20-16-8-3-2-5-13(16)9-10-27(19)20)22(31)28(21(17)30)15-7-4-6-14(11-15)23(24,25)26/h2-11,17-20H,1H3/t17-,18+,19-,20-/m1/s1. The van der Waals surface area contributed by atoms with Gasteiger partial charge in [0.25, 0.3) is 0 Å². The lowest BCUT2D eigenvalue weighted by Crippen LogP contribution is -2.43. The maximum absolute atomic E-state index is 13.5. The summed E-state index contributed by atoms with van der Waals surface area (Å²) >= 11 is 0. The Hall–Kier alpha value is -3.42. The maximum atomic E-state index is 13.5. The lowest BCUT2D eigenvalue weighted by molar-refractivity contribution is -0.137. The second-order valence-electron chi connectivity index (χ2n) is 8.00. The molecule has 158 valence electrons. The van der Waals surface area contributed by atoms with Gasteiger partial charge in [0.1, 0.15) is 0 Å². The van der Waals surface area contributed by atoms with Crippen LogP contribution in [0.3, 0.4) is 0 Å². The Balaban J connectivity index is 1.62. The summed E-state index contributed by atoms with van der Waals surface area (Å²) in [5, 5.41) is 0. The average Bonchev–Trinajstić information content (AvgIpc) is 3.20. The zero-order valence-corrected chi connectivity index (χ0v) is 16.3. The number of carbonyl (C=O) groups excluding carboxylic acids is 3. The average molecular weight is 426 g/mol. The molecule has 0 saturated carbocycles. The molecule has 0 spiro atoms. The summed E-state index contributed by atoms with van der Waals surface area (Å²) in [6, 6.07) is 10.2. The second-order valence-corrected chi connectivity index (χ2v) is 8.00. The van der Waals surface area contributed by atoms with Crippen molar-refractivity contribution in [3.05, 3.63) is 71.4 Å². The van der Waals surface area contributed by atoms with E-state index in [4.69, 9.17) is 0 Å². The SMILES string of the molecule is CC(=O)[C@@H]1[C@@H]2C(=O)N(c3cccc(C(F)(F)F)c3)C(=O)[C@@H]2[C@H]2c3ccccc3C=CN12. The minimum atomic E-state index is -4.61. The number of ketones is 1. The van der Waals surface area contributed by atoms with Gasteiger partial charge in [-0.15, -0.1) is 0 Å². The summed E-state index contributed by atoms with van der Waals surface area (Å²) in [7, 11) is 0. The van der Waals surface area contributed by atoms with Crippen molar-refractivity contribution >= 4 is 29.4 Å². The molecule has 2 aromatic rings. The van der Waals surface area contributed by atoms with Gasteiger partial charge in [-0.3, -0.25) is 14.4 Å². The van der Waals surface area contributed by atoms with Gasteiger partial charge in [0.2, 0.25) is 11.8 Å². The van der Waals surface area contributed by atoms with Crippen LogP contribution in [-0.2, 0) is 20.6 Å². The van der Waals surface area contributed by atoms with Gasteiger partial charge in [-0.05, 0) is 42.3 Å². The van der Waals surface area contributed by atoms with Crippen molar-refractivity contribution in [3.63, 3.8) is 0 Å². The minimum Gasteiger partial charge on any atom is -0.359 e. The number of carbonyl (C=O) groups is 3. The van der Waals surface area contributed by atoms with E-state index in [0.29, 0.717) is 0 Å². The topological polar surface area (TPSA) is 57.7 Å². The van der Waals surface area contributed by atoms with Crippen LogP contribution in [0.2, 0.25) is 0 Å². The van der Waals surface area contributed by atoms with Crippen LogP contribution in [0.4, 0.5) is 18.9 Å². The fourth-order valence-corrected chi connectivity index (χ4v) is 5.10. The molecule has 3 heterocycles. The molecule has 8 heteroatoms. The van der Waals surface area contributed by atoms with Gasteiger partial charge >= 0.3 is 6.18 Å². The first-order chi connectivity index (χ1) is 14.7. The summed E-state index contributed by atoms with van der Waals surface area (Å²) in [5.41, 5.74) is 0.617. The van der Waals surface area contributed by atoms with Crippen molar-refractivity contribution in [2.45, 2.75) is 25.2 Å². The highest BCUT2D eigenvalue weighted by atomic mass is 19.4. The highest BCUT2D eigenvalue weighted by Gasteiger charge is 2.64. The number of fused-ring (bicyclic) bond motifs is 5. The minimum absolute atomic E-state index is 0.132. The van der Waals surface area contributed by atoms with Crippen LogP contribution in [0.25, 0.3) is 6.08 Å². The molecule has 0 bridgehead atoms. The van der Waals surface area contributed by atoms with Crippen LogP contribution in [0.1, 0.15) is 29.7 Å². The lowest BCUT2D eigenvalue weighted by atomic mass is 9.84. The molecule has 2 aromatic carbocycles. The number of anilines is 1. The molecule has 2 fully saturated rings. The molecule has 0 N–H and O–H groups in total. The Morgan fingerprint density at radius 3 is 2.39 bits per heavy atom. The Morgan fingerprint density at radius 2 is 1.68 bits per heavy atom. The van der Waals surface area contributed by atoms with E-state index in [-0.39, 0.29) is 11.5 Å². The van der Waals surface area contributed by atoms with E-state index < -0.39 is 47.5 Å². The summed E-state index contributed by atoms with van der Waals surface area (Å²) in [6.45, 7) is 1.36. The number of imide groups is 1. The molecule has 0 aromatic heterocycles. The van der Waals surface area contributed by atoms with Gasteiger partial charge in [-0.2, -0.15) is 13.2 Å². The molecule has 4 atom stereocenters. The normalized spacial score (nSPS) is 26.7.